The number of hydrogen-bond donors (Lipinski definition) is 1. The van der Waals surface area contributed by atoms with Crippen molar-refractivity contribution >= 4 is 34.3 Å². The lowest BCUT2D eigenvalue weighted by atomic mass is 10.3. The molecular formula is C12H13NO3S2. The van der Waals surface area contributed by atoms with E-state index in [1.165, 1.54) is 11.3 Å². The molecule has 0 amide bonds. The molecule has 0 saturated carbocycles. The summed E-state index contributed by atoms with van der Waals surface area (Å²) in [5.74, 6) is 0.415. The highest BCUT2D eigenvalue weighted by Gasteiger charge is 2.18. The van der Waals surface area contributed by atoms with E-state index in [0.29, 0.717) is 17.2 Å². The largest absolute Gasteiger partial charge is 0.495 e. The van der Waals surface area contributed by atoms with Gasteiger partial charge in [0.15, 0.2) is 0 Å². The van der Waals surface area contributed by atoms with Crippen molar-refractivity contribution in [2.75, 3.05) is 19.5 Å². The SMILES string of the molecule is CCOC(=O)c1sc(-c2sccc2OC)cc1N. The number of hydrogen-bond acceptors (Lipinski definition) is 6. The highest BCUT2D eigenvalue weighted by atomic mass is 32.1. The molecule has 0 unspecified atom stereocenters. The second-order valence-corrected chi connectivity index (χ2v) is 5.40. The summed E-state index contributed by atoms with van der Waals surface area (Å²) in [7, 11) is 1.62. The fraction of sp³-hybridized carbons (Fsp3) is 0.250. The smallest absolute Gasteiger partial charge is 0.350 e. The van der Waals surface area contributed by atoms with Gasteiger partial charge in [-0.3, -0.25) is 0 Å². The first-order valence-corrected chi connectivity index (χ1v) is 7.05. The summed E-state index contributed by atoms with van der Waals surface area (Å²) in [6, 6.07) is 3.67. The van der Waals surface area contributed by atoms with Crippen LogP contribution < -0.4 is 10.5 Å². The molecule has 0 spiro atoms. The molecule has 0 saturated heterocycles. The second-order valence-electron chi connectivity index (χ2n) is 3.43. The topological polar surface area (TPSA) is 61.5 Å². The first-order valence-electron chi connectivity index (χ1n) is 5.35. The summed E-state index contributed by atoms with van der Waals surface area (Å²) < 4.78 is 10.2. The monoisotopic (exact) mass is 283 g/mol. The lowest BCUT2D eigenvalue weighted by Crippen LogP contribution is -2.04. The molecular weight excluding hydrogens is 270 g/mol. The minimum absolute atomic E-state index is 0.341. The molecule has 2 heterocycles. The average molecular weight is 283 g/mol. The van der Waals surface area contributed by atoms with Crippen molar-refractivity contribution in [2.45, 2.75) is 6.92 Å². The van der Waals surface area contributed by atoms with E-state index in [4.69, 9.17) is 15.2 Å². The van der Waals surface area contributed by atoms with Crippen molar-refractivity contribution in [2.24, 2.45) is 0 Å². The molecule has 0 bridgehead atoms. The normalized spacial score (nSPS) is 10.3. The molecule has 0 atom stereocenters. The van der Waals surface area contributed by atoms with E-state index >= 15 is 0 Å². The van der Waals surface area contributed by atoms with E-state index < -0.39 is 0 Å². The lowest BCUT2D eigenvalue weighted by molar-refractivity contribution is 0.0533. The number of carbonyl (C=O) groups excluding carboxylic acids is 1. The van der Waals surface area contributed by atoms with Crippen LogP contribution in [0.25, 0.3) is 9.75 Å². The molecule has 4 nitrogen and oxygen atoms in total. The quantitative estimate of drug-likeness (QED) is 0.875. The predicted molar refractivity (Wildman–Crippen MR) is 74.6 cm³/mol. The molecule has 18 heavy (non-hydrogen) atoms. The summed E-state index contributed by atoms with van der Waals surface area (Å²) in [5, 5.41) is 1.94. The van der Waals surface area contributed by atoms with Gasteiger partial charge in [-0.15, -0.1) is 22.7 Å². The number of thiophene rings is 2. The minimum atomic E-state index is -0.373. The number of nitrogen functional groups attached to an aromatic ring is 1. The Morgan fingerprint density at radius 2 is 2.28 bits per heavy atom. The van der Waals surface area contributed by atoms with E-state index in [-0.39, 0.29) is 5.97 Å². The fourth-order valence-corrected chi connectivity index (χ4v) is 3.47. The average Bonchev–Trinajstić information content (AvgIpc) is 2.94. The Morgan fingerprint density at radius 1 is 1.50 bits per heavy atom. The van der Waals surface area contributed by atoms with Gasteiger partial charge in [0.1, 0.15) is 10.6 Å². The zero-order chi connectivity index (χ0) is 13.1. The van der Waals surface area contributed by atoms with Crippen molar-refractivity contribution in [3.05, 3.63) is 22.4 Å². The van der Waals surface area contributed by atoms with Crippen LogP contribution in [0.15, 0.2) is 17.5 Å². The molecule has 2 aromatic heterocycles. The van der Waals surface area contributed by atoms with Crippen LogP contribution in [0.3, 0.4) is 0 Å². The van der Waals surface area contributed by atoms with Crippen molar-refractivity contribution < 1.29 is 14.3 Å². The van der Waals surface area contributed by atoms with Crippen LogP contribution in [0.1, 0.15) is 16.6 Å². The van der Waals surface area contributed by atoms with Gasteiger partial charge in [0.05, 0.1) is 29.2 Å². The number of rotatable bonds is 4. The Morgan fingerprint density at radius 3 is 2.94 bits per heavy atom. The summed E-state index contributed by atoms with van der Waals surface area (Å²) in [6.07, 6.45) is 0. The van der Waals surface area contributed by atoms with Gasteiger partial charge in [-0.1, -0.05) is 0 Å². The van der Waals surface area contributed by atoms with Gasteiger partial charge >= 0.3 is 5.97 Å². The molecule has 0 aliphatic rings. The fourth-order valence-electron chi connectivity index (χ4n) is 1.51. The third kappa shape index (κ3) is 2.34. The maximum absolute atomic E-state index is 11.7. The standard InChI is InChI=1S/C12H13NO3S2/c1-3-16-12(14)10-7(13)6-9(18-10)11-8(15-2)4-5-17-11/h4-6H,3,13H2,1-2H3. The molecule has 0 aromatic carbocycles. The van der Waals surface area contributed by atoms with Crippen LogP contribution >= 0.6 is 22.7 Å². The number of esters is 1. The van der Waals surface area contributed by atoms with Crippen LogP contribution in [-0.2, 0) is 4.74 Å². The molecule has 2 rings (SSSR count). The Balaban J connectivity index is 2.37. The molecule has 2 aromatic rings. The molecule has 96 valence electrons. The Labute approximate surface area is 113 Å². The highest BCUT2D eigenvalue weighted by molar-refractivity contribution is 7.23. The first kappa shape index (κ1) is 12.9. The van der Waals surface area contributed by atoms with Crippen molar-refractivity contribution in [1.82, 2.24) is 0 Å². The van der Waals surface area contributed by atoms with Gasteiger partial charge in [-0.05, 0) is 24.4 Å². The molecule has 6 heteroatoms. The third-order valence-electron chi connectivity index (χ3n) is 2.29. The maximum Gasteiger partial charge on any atom is 0.350 e. The van der Waals surface area contributed by atoms with Crippen LogP contribution in [0, 0.1) is 0 Å². The van der Waals surface area contributed by atoms with Gasteiger partial charge in [-0.25, -0.2) is 4.79 Å². The van der Waals surface area contributed by atoms with E-state index in [2.05, 4.69) is 0 Å². The molecule has 0 aliphatic carbocycles. The Hall–Kier alpha value is -1.53. The van der Waals surface area contributed by atoms with Gasteiger partial charge < -0.3 is 15.2 Å². The van der Waals surface area contributed by atoms with Gasteiger partial charge in [-0.2, -0.15) is 0 Å². The van der Waals surface area contributed by atoms with E-state index in [1.807, 2.05) is 11.4 Å². The number of methoxy groups -OCH3 is 1. The summed E-state index contributed by atoms with van der Waals surface area (Å²) in [4.78, 5) is 14.0. The number of anilines is 1. The molecule has 2 N–H and O–H groups in total. The van der Waals surface area contributed by atoms with Crippen LogP contribution in [-0.4, -0.2) is 19.7 Å². The number of ether oxygens (including phenoxy) is 2. The summed E-state index contributed by atoms with van der Waals surface area (Å²) in [5.41, 5.74) is 6.29. The number of carbonyl (C=O) groups is 1. The van der Waals surface area contributed by atoms with Crippen LogP contribution in [0.2, 0.25) is 0 Å². The van der Waals surface area contributed by atoms with Crippen LogP contribution in [0.4, 0.5) is 5.69 Å². The maximum atomic E-state index is 11.7. The van der Waals surface area contributed by atoms with Gasteiger partial charge in [0.25, 0.3) is 0 Å². The van der Waals surface area contributed by atoms with Gasteiger partial charge in [0, 0.05) is 0 Å². The zero-order valence-electron chi connectivity index (χ0n) is 10.1. The van der Waals surface area contributed by atoms with Gasteiger partial charge in [0.2, 0.25) is 0 Å². The van der Waals surface area contributed by atoms with Crippen molar-refractivity contribution in [3.8, 4) is 15.5 Å². The summed E-state index contributed by atoms with van der Waals surface area (Å²) in [6.45, 7) is 2.11. The van der Waals surface area contributed by atoms with E-state index in [9.17, 15) is 4.79 Å². The van der Waals surface area contributed by atoms with E-state index in [0.717, 1.165) is 15.5 Å². The number of nitrogens with two attached hydrogens (primary N) is 1. The minimum Gasteiger partial charge on any atom is -0.495 e. The molecule has 0 fully saturated rings. The second kappa shape index (κ2) is 5.41. The Bertz CT molecular complexity index is 559. The Kier molecular flexibility index (Phi) is 3.88. The van der Waals surface area contributed by atoms with Crippen molar-refractivity contribution in [3.63, 3.8) is 0 Å². The highest BCUT2D eigenvalue weighted by Crippen LogP contribution is 2.41. The molecule has 0 aliphatic heterocycles. The van der Waals surface area contributed by atoms with Crippen molar-refractivity contribution in [1.29, 1.82) is 0 Å². The molecule has 0 radical (unpaired) electrons. The zero-order valence-corrected chi connectivity index (χ0v) is 11.7. The predicted octanol–water partition coefficient (Wildman–Crippen LogP) is 3.24. The van der Waals surface area contributed by atoms with E-state index in [1.54, 1.807) is 31.4 Å². The summed E-state index contributed by atoms with van der Waals surface area (Å²) >= 11 is 2.88. The van der Waals surface area contributed by atoms with Crippen LogP contribution in [0.5, 0.6) is 5.75 Å². The first-order chi connectivity index (χ1) is 8.67. The lowest BCUT2D eigenvalue weighted by Gasteiger charge is -1.99. The third-order valence-corrected chi connectivity index (χ3v) is 4.50.